The van der Waals surface area contributed by atoms with Gasteiger partial charge in [-0.05, 0) is 53.8 Å². The van der Waals surface area contributed by atoms with Crippen LogP contribution < -0.4 is 25.6 Å². The van der Waals surface area contributed by atoms with Crippen molar-refractivity contribution in [3.05, 3.63) is 83.4 Å². The van der Waals surface area contributed by atoms with E-state index in [2.05, 4.69) is 52.9 Å². The van der Waals surface area contributed by atoms with Gasteiger partial charge in [-0.3, -0.25) is 4.79 Å². The van der Waals surface area contributed by atoms with E-state index in [4.69, 9.17) is 4.74 Å². The van der Waals surface area contributed by atoms with E-state index in [1.165, 1.54) is 11.1 Å². The number of urea groups is 1. The Morgan fingerprint density at radius 1 is 0.971 bits per heavy atom. The number of amides is 3. The fourth-order valence-electron chi connectivity index (χ4n) is 4.20. The summed E-state index contributed by atoms with van der Waals surface area (Å²) in [7, 11) is 1.55. The molecule has 35 heavy (non-hydrogen) atoms. The number of ether oxygens (including phenoxy) is 1. The van der Waals surface area contributed by atoms with Crippen molar-refractivity contribution in [2.45, 2.75) is 26.8 Å². The number of hydrogen-bond acceptors (Lipinski definition) is 4. The fourth-order valence-corrected chi connectivity index (χ4v) is 4.20. The summed E-state index contributed by atoms with van der Waals surface area (Å²) in [6.07, 6.45) is 0.921. The number of nitrogens with zero attached hydrogens (tertiary/aromatic N) is 1. The first-order valence-corrected chi connectivity index (χ1v) is 11.9. The van der Waals surface area contributed by atoms with Crippen LogP contribution in [0.4, 0.5) is 21.9 Å². The summed E-state index contributed by atoms with van der Waals surface area (Å²) in [5, 5.41) is 8.67. The standard InChI is InChI=1S/C28H32N4O3/c1-19(2)17-29-27(33)23-16-22(30-28(34)31-24-10-6-7-11-26(24)35-3)12-13-25(23)32-15-14-20-8-4-5-9-21(20)18-32/h4-13,16,19H,14-15,17-18H2,1-3H3,(H,29,33)(H2,30,31,34). The molecule has 0 bridgehead atoms. The maximum Gasteiger partial charge on any atom is 0.323 e. The van der Waals surface area contributed by atoms with Gasteiger partial charge in [-0.1, -0.05) is 50.2 Å². The maximum atomic E-state index is 13.2. The molecule has 182 valence electrons. The second-order valence-electron chi connectivity index (χ2n) is 9.06. The molecule has 0 fully saturated rings. The molecule has 3 amide bonds. The topological polar surface area (TPSA) is 82.7 Å². The van der Waals surface area contributed by atoms with E-state index in [9.17, 15) is 9.59 Å². The van der Waals surface area contributed by atoms with Gasteiger partial charge in [-0.25, -0.2) is 4.79 Å². The molecule has 0 spiro atoms. The Kier molecular flexibility index (Phi) is 7.55. The van der Waals surface area contributed by atoms with Crippen molar-refractivity contribution < 1.29 is 14.3 Å². The minimum atomic E-state index is -0.414. The molecule has 4 rings (SSSR count). The number of benzene rings is 3. The van der Waals surface area contributed by atoms with Crippen molar-refractivity contribution in [3.63, 3.8) is 0 Å². The van der Waals surface area contributed by atoms with Gasteiger partial charge in [0.2, 0.25) is 0 Å². The number of para-hydroxylation sites is 2. The van der Waals surface area contributed by atoms with Gasteiger partial charge >= 0.3 is 6.03 Å². The molecule has 3 aromatic carbocycles. The van der Waals surface area contributed by atoms with Gasteiger partial charge in [-0.2, -0.15) is 0 Å². The number of anilines is 3. The largest absolute Gasteiger partial charge is 0.495 e. The lowest BCUT2D eigenvalue weighted by Crippen LogP contribution is -2.34. The van der Waals surface area contributed by atoms with Crippen molar-refractivity contribution in [1.82, 2.24) is 5.32 Å². The average molecular weight is 473 g/mol. The minimum Gasteiger partial charge on any atom is -0.495 e. The van der Waals surface area contributed by atoms with Crippen LogP contribution in [-0.2, 0) is 13.0 Å². The van der Waals surface area contributed by atoms with Crippen molar-refractivity contribution in [1.29, 1.82) is 0 Å². The van der Waals surface area contributed by atoms with E-state index in [-0.39, 0.29) is 5.91 Å². The van der Waals surface area contributed by atoms with E-state index in [1.54, 1.807) is 25.3 Å². The molecule has 1 heterocycles. The van der Waals surface area contributed by atoms with Crippen LogP contribution in [0.3, 0.4) is 0 Å². The minimum absolute atomic E-state index is 0.152. The zero-order chi connectivity index (χ0) is 24.8. The smallest absolute Gasteiger partial charge is 0.323 e. The lowest BCUT2D eigenvalue weighted by atomic mass is 9.98. The van der Waals surface area contributed by atoms with Gasteiger partial charge < -0.3 is 25.6 Å². The van der Waals surface area contributed by atoms with E-state index >= 15 is 0 Å². The highest BCUT2D eigenvalue weighted by molar-refractivity contribution is 6.04. The van der Waals surface area contributed by atoms with Crippen molar-refractivity contribution in [3.8, 4) is 5.75 Å². The van der Waals surface area contributed by atoms with Crippen LogP contribution in [0.1, 0.15) is 35.3 Å². The summed E-state index contributed by atoms with van der Waals surface area (Å²) >= 11 is 0. The molecule has 0 radical (unpaired) electrons. The van der Waals surface area contributed by atoms with Crippen molar-refractivity contribution in [2.24, 2.45) is 5.92 Å². The summed E-state index contributed by atoms with van der Waals surface area (Å²) in [5.41, 5.74) is 5.11. The molecular weight excluding hydrogens is 440 g/mol. The van der Waals surface area contributed by atoms with Gasteiger partial charge in [0.05, 0.1) is 18.4 Å². The Morgan fingerprint density at radius 3 is 2.49 bits per heavy atom. The molecule has 1 aliphatic rings. The SMILES string of the molecule is COc1ccccc1NC(=O)Nc1ccc(N2CCc3ccccc3C2)c(C(=O)NCC(C)C)c1. The number of rotatable bonds is 7. The third-order valence-electron chi connectivity index (χ3n) is 6.00. The van der Waals surface area contributed by atoms with Crippen LogP contribution in [0.15, 0.2) is 66.7 Å². The fraction of sp³-hybridized carbons (Fsp3) is 0.286. The Balaban J connectivity index is 1.57. The summed E-state index contributed by atoms with van der Waals surface area (Å²) < 4.78 is 5.30. The summed E-state index contributed by atoms with van der Waals surface area (Å²) in [6, 6.07) is 20.7. The Hall–Kier alpha value is -4.00. The number of nitrogens with one attached hydrogen (secondary N) is 3. The molecule has 0 aliphatic carbocycles. The highest BCUT2D eigenvalue weighted by Crippen LogP contribution is 2.30. The highest BCUT2D eigenvalue weighted by atomic mass is 16.5. The second-order valence-corrected chi connectivity index (χ2v) is 9.06. The third-order valence-corrected chi connectivity index (χ3v) is 6.00. The monoisotopic (exact) mass is 472 g/mol. The molecule has 7 nitrogen and oxygen atoms in total. The van der Waals surface area contributed by atoms with Gasteiger partial charge in [0.15, 0.2) is 0 Å². The van der Waals surface area contributed by atoms with E-state index in [1.807, 2.05) is 30.3 Å². The van der Waals surface area contributed by atoms with Crippen LogP contribution in [0.2, 0.25) is 0 Å². The lowest BCUT2D eigenvalue weighted by Gasteiger charge is -2.32. The van der Waals surface area contributed by atoms with E-state index < -0.39 is 6.03 Å². The van der Waals surface area contributed by atoms with Gasteiger partial charge in [0.25, 0.3) is 5.91 Å². The normalized spacial score (nSPS) is 12.6. The Labute approximate surface area is 206 Å². The lowest BCUT2D eigenvalue weighted by molar-refractivity contribution is 0.0949. The molecule has 0 unspecified atom stereocenters. The predicted molar refractivity (Wildman–Crippen MR) is 140 cm³/mol. The molecular formula is C28H32N4O3. The van der Waals surface area contributed by atoms with Crippen LogP contribution in [0, 0.1) is 5.92 Å². The molecule has 3 aromatic rings. The Bertz CT molecular complexity index is 1210. The second kappa shape index (κ2) is 11.0. The van der Waals surface area contributed by atoms with E-state index in [0.29, 0.717) is 35.2 Å². The number of carbonyl (C=O) groups is 2. The average Bonchev–Trinajstić information content (AvgIpc) is 2.87. The highest BCUT2D eigenvalue weighted by Gasteiger charge is 2.22. The van der Waals surface area contributed by atoms with Crippen molar-refractivity contribution >= 4 is 29.0 Å². The van der Waals surface area contributed by atoms with Gasteiger partial charge in [-0.15, -0.1) is 0 Å². The number of hydrogen-bond donors (Lipinski definition) is 3. The zero-order valence-corrected chi connectivity index (χ0v) is 20.4. The molecule has 0 saturated heterocycles. The van der Waals surface area contributed by atoms with Crippen LogP contribution in [0.5, 0.6) is 5.75 Å². The van der Waals surface area contributed by atoms with Crippen LogP contribution in [-0.4, -0.2) is 32.1 Å². The summed E-state index contributed by atoms with van der Waals surface area (Å²) in [4.78, 5) is 28.1. The maximum absolute atomic E-state index is 13.2. The molecule has 0 atom stereocenters. The molecule has 1 aliphatic heterocycles. The van der Waals surface area contributed by atoms with Crippen molar-refractivity contribution in [2.75, 3.05) is 35.7 Å². The van der Waals surface area contributed by atoms with Crippen LogP contribution >= 0.6 is 0 Å². The molecule has 3 N–H and O–H groups in total. The molecule has 0 saturated carbocycles. The first-order chi connectivity index (χ1) is 16.9. The number of methoxy groups -OCH3 is 1. The first kappa shape index (κ1) is 24.1. The van der Waals surface area contributed by atoms with Gasteiger partial charge in [0, 0.05) is 31.0 Å². The van der Waals surface area contributed by atoms with E-state index in [0.717, 1.165) is 25.2 Å². The first-order valence-electron chi connectivity index (χ1n) is 11.9. The number of carbonyl (C=O) groups excluding carboxylic acids is 2. The number of fused-ring (bicyclic) bond motifs is 1. The Morgan fingerprint density at radius 2 is 1.71 bits per heavy atom. The summed E-state index contributed by atoms with van der Waals surface area (Å²) in [5.74, 6) is 0.746. The quantitative estimate of drug-likeness (QED) is 0.437. The summed E-state index contributed by atoms with van der Waals surface area (Å²) in [6.45, 7) is 6.25. The van der Waals surface area contributed by atoms with Gasteiger partial charge in [0.1, 0.15) is 5.75 Å². The van der Waals surface area contributed by atoms with Crippen LogP contribution in [0.25, 0.3) is 0 Å². The molecule has 0 aromatic heterocycles. The zero-order valence-electron chi connectivity index (χ0n) is 20.4. The molecule has 7 heteroatoms. The third kappa shape index (κ3) is 5.93. The predicted octanol–water partition coefficient (Wildman–Crippen LogP) is 5.29.